The second kappa shape index (κ2) is 7.73. The van der Waals surface area contributed by atoms with Crippen LogP contribution >= 0.6 is 0 Å². The lowest BCUT2D eigenvalue weighted by molar-refractivity contribution is 0.0933. The molecule has 0 aromatic carbocycles. The van der Waals surface area contributed by atoms with E-state index < -0.39 is 0 Å². The maximum atomic E-state index is 12.3. The lowest BCUT2D eigenvalue weighted by Crippen LogP contribution is -2.29. The molecule has 124 valence electrons. The van der Waals surface area contributed by atoms with Crippen molar-refractivity contribution < 1.29 is 14.3 Å². The van der Waals surface area contributed by atoms with Gasteiger partial charge in [0.05, 0.1) is 12.1 Å². The normalized spacial score (nSPS) is 11.0. The number of pyridine rings is 1. The molecular formula is C16H22N4O3. The minimum Gasteiger partial charge on any atom is -0.383 e. The molecule has 2 amide bonds. The fraction of sp³-hybridized carbons (Fsp3) is 0.438. The Morgan fingerprint density at radius 2 is 2.04 bits per heavy atom. The average Bonchev–Trinajstić information content (AvgIpc) is 2.92. The number of hydrogen-bond acceptors (Lipinski definition) is 4. The van der Waals surface area contributed by atoms with Crippen molar-refractivity contribution in [2.75, 3.05) is 26.8 Å². The average molecular weight is 318 g/mol. The Balaban J connectivity index is 2.28. The highest BCUT2D eigenvalue weighted by atomic mass is 16.5. The molecule has 0 bridgehead atoms. The van der Waals surface area contributed by atoms with E-state index in [1.807, 2.05) is 13.8 Å². The van der Waals surface area contributed by atoms with Crippen molar-refractivity contribution in [3.05, 3.63) is 35.9 Å². The molecule has 2 aromatic heterocycles. The number of hydrogen-bond donors (Lipinski definition) is 2. The first kappa shape index (κ1) is 17.0. The topological polar surface area (TPSA) is 84.7 Å². The summed E-state index contributed by atoms with van der Waals surface area (Å²) in [5.41, 5.74) is 0.827. The fourth-order valence-corrected chi connectivity index (χ4v) is 2.09. The van der Waals surface area contributed by atoms with Gasteiger partial charge in [-0.05, 0) is 18.1 Å². The number of nitrogens with one attached hydrogen (secondary N) is 2. The molecule has 23 heavy (non-hydrogen) atoms. The van der Waals surface area contributed by atoms with E-state index >= 15 is 0 Å². The number of amides is 2. The third kappa shape index (κ3) is 4.07. The van der Waals surface area contributed by atoms with Crippen molar-refractivity contribution in [2.45, 2.75) is 13.8 Å². The maximum Gasteiger partial charge on any atom is 0.287 e. The van der Waals surface area contributed by atoms with Crippen LogP contribution in [-0.4, -0.2) is 48.0 Å². The summed E-state index contributed by atoms with van der Waals surface area (Å²) < 4.78 is 6.53. The van der Waals surface area contributed by atoms with Gasteiger partial charge in [0.2, 0.25) is 5.82 Å². The van der Waals surface area contributed by atoms with Crippen LogP contribution in [-0.2, 0) is 4.74 Å². The van der Waals surface area contributed by atoms with Crippen molar-refractivity contribution in [2.24, 2.45) is 5.92 Å². The minimum atomic E-state index is -0.325. The third-order valence-electron chi connectivity index (χ3n) is 3.23. The number of carbonyl (C=O) groups excluding carboxylic acids is 2. The number of nitrogens with zero attached hydrogens (tertiary/aromatic N) is 2. The quantitative estimate of drug-likeness (QED) is 0.749. The van der Waals surface area contributed by atoms with E-state index in [2.05, 4.69) is 15.6 Å². The van der Waals surface area contributed by atoms with Gasteiger partial charge in [-0.15, -0.1) is 0 Å². The van der Waals surface area contributed by atoms with Crippen LogP contribution in [0.3, 0.4) is 0 Å². The molecule has 0 aliphatic rings. The molecule has 0 fully saturated rings. The van der Waals surface area contributed by atoms with Crippen molar-refractivity contribution in [1.82, 2.24) is 20.0 Å². The summed E-state index contributed by atoms with van der Waals surface area (Å²) in [6.07, 6.45) is 1.72. The number of methoxy groups -OCH3 is 1. The summed E-state index contributed by atoms with van der Waals surface area (Å²) in [5.74, 6) is -0.0790. The molecule has 0 unspecified atom stereocenters. The Hall–Kier alpha value is -2.41. The van der Waals surface area contributed by atoms with E-state index in [-0.39, 0.29) is 23.3 Å². The zero-order chi connectivity index (χ0) is 16.8. The molecular weight excluding hydrogens is 296 g/mol. The number of rotatable bonds is 7. The van der Waals surface area contributed by atoms with Crippen LogP contribution in [0.2, 0.25) is 0 Å². The van der Waals surface area contributed by atoms with Crippen LogP contribution in [0.15, 0.2) is 24.4 Å². The number of fused-ring (bicyclic) bond motifs is 1. The highest BCUT2D eigenvalue weighted by Gasteiger charge is 2.21. The lowest BCUT2D eigenvalue weighted by atomic mass is 10.2. The highest BCUT2D eigenvalue weighted by Crippen LogP contribution is 2.13. The molecule has 7 nitrogen and oxygen atoms in total. The zero-order valence-corrected chi connectivity index (χ0v) is 13.6. The Morgan fingerprint density at radius 3 is 2.74 bits per heavy atom. The van der Waals surface area contributed by atoms with Gasteiger partial charge in [0.15, 0.2) is 5.69 Å². The molecule has 2 aromatic rings. The summed E-state index contributed by atoms with van der Waals surface area (Å²) in [7, 11) is 1.56. The third-order valence-corrected chi connectivity index (χ3v) is 3.23. The van der Waals surface area contributed by atoms with Gasteiger partial charge in [0, 0.05) is 26.4 Å². The van der Waals surface area contributed by atoms with Crippen LogP contribution in [0.4, 0.5) is 0 Å². The molecule has 0 spiro atoms. The van der Waals surface area contributed by atoms with Gasteiger partial charge in [0.25, 0.3) is 11.8 Å². The Labute approximate surface area is 135 Å². The molecule has 0 radical (unpaired) electrons. The van der Waals surface area contributed by atoms with Crippen molar-refractivity contribution in [1.29, 1.82) is 0 Å². The molecule has 2 N–H and O–H groups in total. The number of ether oxygens (including phenoxy) is 1. The lowest BCUT2D eigenvalue weighted by Gasteiger charge is -2.06. The highest BCUT2D eigenvalue weighted by molar-refractivity contribution is 6.02. The van der Waals surface area contributed by atoms with Gasteiger partial charge in [0.1, 0.15) is 0 Å². The van der Waals surface area contributed by atoms with Crippen molar-refractivity contribution >= 4 is 17.3 Å². The molecule has 2 heterocycles. The monoisotopic (exact) mass is 318 g/mol. The van der Waals surface area contributed by atoms with Crippen molar-refractivity contribution in [3.8, 4) is 0 Å². The molecule has 0 saturated carbocycles. The first-order chi connectivity index (χ1) is 11.0. The number of imidazole rings is 1. The van der Waals surface area contributed by atoms with Crippen LogP contribution in [0.5, 0.6) is 0 Å². The van der Waals surface area contributed by atoms with Crippen LogP contribution in [0, 0.1) is 5.92 Å². The predicted octanol–water partition coefficient (Wildman–Crippen LogP) is 1.10. The summed E-state index contributed by atoms with van der Waals surface area (Å²) in [5, 5.41) is 5.54. The molecule has 0 atom stereocenters. The Kier molecular flexibility index (Phi) is 5.70. The van der Waals surface area contributed by atoms with E-state index in [1.54, 1.807) is 35.9 Å². The standard InChI is InChI=1S/C16H22N4O3/c1-11(2)10-18-16(22)14-19-13(15(21)17-7-9-23-3)12-6-4-5-8-20(12)14/h4-6,8,11H,7,9-10H2,1-3H3,(H,17,21)(H,18,22). The van der Waals surface area contributed by atoms with E-state index in [0.29, 0.717) is 31.1 Å². The van der Waals surface area contributed by atoms with Gasteiger partial charge in [-0.2, -0.15) is 0 Å². The molecule has 2 rings (SSSR count). The maximum absolute atomic E-state index is 12.3. The number of aromatic nitrogens is 2. The van der Waals surface area contributed by atoms with Crippen LogP contribution in [0.1, 0.15) is 35.0 Å². The van der Waals surface area contributed by atoms with E-state index in [9.17, 15) is 9.59 Å². The van der Waals surface area contributed by atoms with Crippen LogP contribution < -0.4 is 10.6 Å². The Morgan fingerprint density at radius 1 is 1.26 bits per heavy atom. The molecule has 0 aliphatic heterocycles. The molecule has 0 saturated heterocycles. The molecule has 0 aliphatic carbocycles. The van der Waals surface area contributed by atoms with Gasteiger partial charge in [-0.1, -0.05) is 19.9 Å². The zero-order valence-electron chi connectivity index (χ0n) is 13.6. The Bertz CT molecular complexity index is 694. The SMILES string of the molecule is COCCNC(=O)c1nc(C(=O)NCC(C)C)n2ccccc12. The summed E-state index contributed by atoms with van der Waals surface area (Å²) in [4.78, 5) is 28.8. The second-order valence-corrected chi connectivity index (χ2v) is 5.59. The smallest absolute Gasteiger partial charge is 0.287 e. The van der Waals surface area contributed by atoms with Gasteiger partial charge in [-0.25, -0.2) is 4.98 Å². The van der Waals surface area contributed by atoms with Crippen molar-refractivity contribution in [3.63, 3.8) is 0 Å². The van der Waals surface area contributed by atoms with Crippen LogP contribution in [0.25, 0.3) is 5.52 Å². The molecule has 7 heteroatoms. The van der Waals surface area contributed by atoms with Gasteiger partial charge >= 0.3 is 0 Å². The van der Waals surface area contributed by atoms with Gasteiger partial charge in [-0.3, -0.25) is 14.0 Å². The second-order valence-electron chi connectivity index (χ2n) is 5.59. The van der Waals surface area contributed by atoms with E-state index in [4.69, 9.17) is 4.74 Å². The van der Waals surface area contributed by atoms with Gasteiger partial charge < -0.3 is 15.4 Å². The summed E-state index contributed by atoms with van der Waals surface area (Å²) in [6.45, 7) is 5.38. The first-order valence-electron chi connectivity index (χ1n) is 7.57. The first-order valence-corrected chi connectivity index (χ1v) is 7.57. The predicted molar refractivity (Wildman–Crippen MR) is 86.6 cm³/mol. The minimum absolute atomic E-state index is 0.207. The fourth-order valence-electron chi connectivity index (χ4n) is 2.09. The van der Waals surface area contributed by atoms with E-state index in [0.717, 1.165) is 0 Å². The van der Waals surface area contributed by atoms with E-state index in [1.165, 1.54) is 0 Å². The number of carbonyl (C=O) groups is 2. The summed E-state index contributed by atoms with van der Waals surface area (Å²) >= 11 is 0. The largest absolute Gasteiger partial charge is 0.383 e. The summed E-state index contributed by atoms with van der Waals surface area (Å²) in [6, 6.07) is 5.36.